The van der Waals surface area contributed by atoms with Crippen LogP contribution in [-0.4, -0.2) is 11.7 Å². The van der Waals surface area contributed by atoms with Gasteiger partial charge < -0.3 is 5.32 Å². The van der Waals surface area contributed by atoms with Crippen molar-refractivity contribution in [3.05, 3.63) is 102 Å². The lowest BCUT2D eigenvalue weighted by Crippen LogP contribution is -2.15. The molecule has 3 heteroatoms. The SMILES string of the molecule is C=CC(=O)c1cc(C)cc(NC(=O)Cc2ccccc2-c2ccccc2C)c1. The number of rotatable bonds is 6. The Morgan fingerprint density at radius 3 is 2.32 bits per heavy atom. The fourth-order valence-corrected chi connectivity index (χ4v) is 3.31. The lowest BCUT2D eigenvalue weighted by molar-refractivity contribution is -0.115. The normalized spacial score (nSPS) is 10.4. The molecule has 0 radical (unpaired) electrons. The van der Waals surface area contributed by atoms with Gasteiger partial charge in [-0.2, -0.15) is 0 Å². The molecule has 3 rings (SSSR count). The molecule has 0 heterocycles. The molecule has 3 aromatic carbocycles. The van der Waals surface area contributed by atoms with E-state index in [0.717, 1.165) is 22.3 Å². The second-order valence-electron chi connectivity index (χ2n) is 6.85. The molecule has 0 atom stereocenters. The Bertz CT molecular complexity index is 1050. The summed E-state index contributed by atoms with van der Waals surface area (Å²) in [6.07, 6.45) is 1.53. The van der Waals surface area contributed by atoms with Crippen LogP contribution >= 0.6 is 0 Å². The third-order valence-corrected chi connectivity index (χ3v) is 4.63. The molecule has 0 unspecified atom stereocenters. The highest BCUT2D eigenvalue weighted by Gasteiger charge is 2.12. The molecule has 0 fully saturated rings. The molecular formula is C25H23NO2. The quantitative estimate of drug-likeness (QED) is 0.459. The highest BCUT2D eigenvalue weighted by Crippen LogP contribution is 2.27. The Morgan fingerprint density at radius 1 is 0.929 bits per heavy atom. The Kier molecular flexibility index (Phi) is 5.85. The number of carbonyl (C=O) groups excluding carboxylic acids is 2. The molecule has 0 aliphatic rings. The molecule has 0 spiro atoms. The van der Waals surface area contributed by atoms with Crippen molar-refractivity contribution in [2.24, 2.45) is 0 Å². The lowest BCUT2D eigenvalue weighted by Gasteiger charge is -2.13. The Balaban J connectivity index is 1.84. The van der Waals surface area contributed by atoms with E-state index in [0.29, 0.717) is 11.3 Å². The van der Waals surface area contributed by atoms with Crippen LogP contribution in [0.1, 0.15) is 27.0 Å². The van der Waals surface area contributed by atoms with Crippen LogP contribution in [0.15, 0.2) is 79.4 Å². The van der Waals surface area contributed by atoms with Gasteiger partial charge in [0.1, 0.15) is 0 Å². The zero-order chi connectivity index (χ0) is 20.1. The summed E-state index contributed by atoms with van der Waals surface area (Å²) in [5.41, 5.74) is 6.35. The maximum absolute atomic E-state index is 12.7. The molecule has 140 valence electrons. The van der Waals surface area contributed by atoms with Crippen LogP contribution in [0.25, 0.3) is 11.1 Å². The first-order chi connectivity index (χ1) is 13.5. The Hall–Kier alpha value is -3.46. The van der Waals surface area contributed by atoms with Gasteiger partial charge in [-0.25, -0.2) is 0 Å². The van der Waals surface area contributed by atoms with Crippen LogP contribution in [0, 0.1) is 13.8 Å². The van der Waals surface area contributed by atoms with Gasteiger partial charge in [0.15, 0.2) is 5.78 Å². The third kappa shape index (κ3) is 4.44. The van der Waals surface area contributed by atoms with Crippen molar-refractivity contribution in [1.82, 2.24) is 0 Å². The first-order valence-electron chi connectivity index (χ1n) is 9.20. The van der Waals surface area contributed by atoms with Crippen molar-refractivity contribution in [3.63, 3.8) is 0 Å². The van der Waals surface area contributed by atoms with Gasteiger partial charge >= 0.3 is 0 Å². The van der Waals surface area contributed by atoms with Gasteiger partial charge in [-0.05, 0) is 65.9 Å². The van der Waals surface area contributed by atoms with Crippen LogP contribution in [-0.2, 0) is 11.2 Å². The van der Waals surface area contributed by atoms with Gasteiger partial charge in [0.05, 0.1) is 6.42 Å². The molecule has 1 amide bonds. The molecule has 0 aromatic heterocycles. The second kappa shape index (κ2) is 8.49. The van der Waals surface area contributed by atoms with Crippen LogP contribution in [0.2, 0.25) is 0 Å². The van der Waals surface area contributed by atoms with Gasteiger partial charge in [-0.1, -0.05) is 55.1 Å². The lowest BCUT2D eigenvalue weighted by atomic mass is 9.94. The first kappa shape index (κ1) is 19.3. The summed E-state index contributed by atoms with van der Waals surface area (Å²) in [6.45, 7) is 7.48. The number of anilines is 1. The van der Waals surface area contributed by atoms with E-state index < -0.39 is 0 Å². The van der Waals surface area contributed by atoms with E-state index in [1.165, 1.54) is 11.6 Å². The molecule has 0 bridgehead atoms. The summed E-state index contributed by atoms with van der Waals surface area (Å²) in [5, 5.41) is 2.92. The summed E-state index contributed by atoms with van der Waals surface area (Å²) in [6, 6.07) is 21.4. The van der Waals surface area contributed by atoms with Crippen LogP contribution in [0.5, 0.6) is 0 Å². The van der Waals surface area contributed by atoms with Crippen molar-refractivity contribution in [3.8, 4) is 11.1 Å². The minimum Gasteiger partial charge on any atom is -0.326 e. The van der Waals surface area contributed by atoms with E-state index in [-0.39, 0.29) is 18.1 Å². The highest BCUT2D eigenvalue weighted by atomic mass is 16.1. The fourth-order valence-electron chi connectivity index (χ4n) is 3.31. The third-order valence-electron chi connectivity index (χ3n) is 4.63. The number of ketones is 1. The maximum atomic E-state index is 12.7. The van der Waals surface area contributed by atoms with E-state index >= 15 is 0 Å². The van der Waals surface area contributed by atoms with Crippen molar-refractivity contribution in [2.75, 3.05) is 5.32 Å². The van der Waals surface area contributed by atoms with Crippen molar-refractivity contribution < 1.29 is 9.59 Å². The molecule has 3 aromatic rings. The minimum atomic E-state index is -0.163. The van der Waals surface area contributed by atoms with Gasteiger partial charge in [0.25, 0.3) is 0 Å². The average Bonchev–Trinajstić information content (AvgIpc) is 2.68. The standard InChI is InChI=1S/C25H23NO2/c1-4-24(27)20-13-17(2)14-21(15-20)26-25(28)16-19-10-6-8-12-23(19)22-11-7-5-9-18(22)3/h4-15H,1,16H2,2-3H3,(H,26,28). The molecule has 0 aliphatic heterocycles. The highest BCUT2D eigenvalue weighted by molar-refractivity contribution is 6.05. The average molecular weight is 369 g/mol. The van der Waals surface area contributed by atoms with E-state index in [4.69, 9.17) is 0 Å². The molecular weight excluding hydrogens is 346 g/mol. The van der Waals surface area contributed by atoms with E-state index in [2.05, 4.69) is 31.0 Å². The van der Waals surface area contributed by atoms with Crippen LogP contribution in [0.4, 0.5) is 5.69 Å². The van der Waals surface area contributed by atoms with Gasteiger partial charge in [-0.3, -0.25) is 9.59 Å². The molecule has 0 saturated carbocycles. The van der Waals surface area contributed by atoms with Gasteiger partial charge in [-0.15, -0.1) is 0 Å². The molecule has 0 aliphatic carbocycles. The van der Waals surface area contributed by atoms with Gasteiger partial charge in [0.2, 0.25) is 5.91 Å². The monoisotopic (exact) mass is 369 g/mol. The summed E-state index contributed by atoms with van der Waals surface area (Å²) in [7, 11) is 0. The summed E-state index contributed by atoms with van der Waals surface area (Å²) in [4.78, 5) is 24.6. The number of carbonyl (C=O) groups is 2. The predicted molar refractivity (Wildman–Crippen MR) is 115 cm³/mol. The minimum absolute atomic E-state index is 0.122. The number of nitrogens with one attached hydrogen (secondary N) is 1. The number of hydrogen-bond donors (Lipinski definition) is 1. The predicted octanol–water partition coefficient (Wildman–Crippen LogP) is 5.52. The zero-order valence-electron chi connectivity index (χ0n) is 16.2. The van der Waals surface area contributed by atoms with Crippen LogP contribution < -0.4 is 5.32 Å². The Labute approximate surface area is 165 Å². The van der Waals surface area contributed by atoms with Crippen molar-refractivity contribution >= 4 is 17.4 Å². The summed E-state index contributed by atoms with van der Waals surface area (Å²) in [5.74, 6) is -0.285. The topological polar surface area (TPSA) is 46.2 Å². The van der Waals surface area contributed by atoms with Crippen molar-refractivity contribution in [2.45, 2.75) is 20.3 Å². The van der Waals surface area contributed by atoms with Crippen molar-refractivity contribution in [1.29, 1.82) is 0 Å². The van der Waals surface area contributed by atoms with Gasteiger partial charge in [0, 0.05) is 11.3 Å². The Morgan fingerprint density at radius 2 is 1.61 bits per heavy atom. The summed E-state index contributed by atoms with van der Waals surface area (Å²) >= 11 is 0. The summed E-state index contributed by atoms with van der Waals surface area (Å²) < 4.78 is 0. The smallest absolute Gasteiger partial charge is 0.228 e. The molecule has 28 heavy (non-hydrogen) atoms. The number of allylic oxidation sites excluding steroid dienone is 1. The maximum Gasteiger partial charge on any atom is 0.228 e. The molecule has 0 saturated heterocycles. The van der Waals surface area contributed by atoms with Crippen LogP contribution in [0.3, 0.4) is 0 Å². The molecule has 1 N–H and O–H groups in total. The first-order valence-corrected chi connectivity index (χ1v) is 9.20. The number of benzene rings is 3. The fraction of sp³-hybridized carbons (Fsp3) is 0.120. The second-order valence-corrected chi connectivity index (χ2v) is 6.85. The number of amides is 1. The van der Waals surface area contributed by atoms with E-state index in [1.54, 1.807) is 12.1 Å². The number of hydrogen-bond acceptors (Lipinski definition) is 2. The number of aryl methyl sites for hydroxylation is 2. The molecule has 3 nitrogen and oxygen atoms in total. The van der Waals surface area contributed by atoms with E-state index in [9.17, 15) is 9.59 Å². The zero-order valence-corrected chi connectivity index (χ0v) is 16.2. The largest absolute Gasteiger partial charge is 0.326 e. The van der Waals surface area contributed by atoms with E-state index in [1.807, 2.05) is 49.4 Å².